The molecule has 13 heteroatoms. The fourth-order valence-electron chi connectivity index (χ4n) is 12.1. The zero-order valence-electron chi connectivity index (χ0n) is 31.1. The van der Waals surface area contributed by atoms with Crippen molar-refractivity contribution >= 4 is 10.4 Å². The fraction of sp³-hybridized carbons (Fsp3) is 0.944. The van der Waals surface area contributed by atoms with Gasteiger partial charge in [-0.05, 0) is 124 Å². The first kappa shape index (κ1) is 42.1. The minimum Gasteiger partial charge on any atom is -0.726 e. The third-order valence-corrected chi connectivity index (χ3v) is 15.2. The second-order valence-electron chi connectivity index (χ2n) is 17.8. The van der Waals surface area contributed by atoms with Gasteiger partial charge >= 0.3 is 29.6 Å². The molecule has 1 heterocycles. The number of rotatable bonds is 9. The molecule has 0 spiro atoms. The summed E-state index contributed by atoms with van der Waals surface area (Å²) in [6.07, 6.45) is 0.427. The van der Waals surface area contributed by atoms with Crippen molar-refractivity contribution in [3.63, 3.8) is 0 Å². The first-order valence-electron chi connectivity index (χ1n) is 18.0. The number of ether oxygens (including phenoxy) is 2. The summed E-state index contributed by atoms with van der Waals surface area (Å²) in [5, 5.41) is 53.0. The van der Waals surface area contributed by atoms with Crippen molar-refractivity contribution in [3.05, 3.63) is 11.6 Å². The Morgan fingerprint density at radius 3 is 2.18 bits per heavy atom. The van der Waals surface area contributed by atoms with Crippen molar-refractivity contribution < 1.29 is 81.7 Å². The average molecular weight is 725 g/mol. The summed E-state index contributed by atoms with van der Waals surface area (Å²) in [5.41, 5.74) is -1.17. The minimum atomic E-state index is -5.02. The van der Waals surface area contributed by atoms with Gasteiger partial charge in [0.1, 0.15) is 24.4 Å². The van der Waals surface area contributed by atoms with Crippen LogP contribution in [-0.2, 0) is 24.1 Å². The Labute approximate surface area is 315 Å². The maximum atomic E-state index is 12.3. The van der Waals surface area contributed by atoms with Crippen LogP contribution in [0.4, 0.5) is 0 Å². The molecule has 0 aromatic rings. The second kappa shape index (κ2) is 14.5. The monoisotopic (exact) mass is 724 g/mol. The quantitative estimate of drug-likeness (QED) is 0.0746. The van der Waals surface area contributed by atoms with E-state index in [1.807, 2.05) is 20.8 Å². The van der Waals surface area contributed by atoms with Crippen LogP contribution >= 0.6 is 0 Å². The molecule has 4 saturated carbocycles. The number of fused-ring (bicyclic) bond motifs is 5. The van der Waals surface area contributed by atoms with E-state index in [9.17, 15) is 38.5 Å². The first-order valence-corrected chi connectivity index (χ1v) is 19.3. The van der Waals surface area contributed by atoms with Gasteiger partial charge in [-0.3, -0.25) is 4.18 Å². The maximum absolute atomic E-state index is 12.3. The standard InChI is InChI=1S/C36H62O11S.Na/c1-20(2)10-9-14-36(8,41)21-11-16-35(7)27(21)22(47-48(42,43)44)18-25-33(5)15-13-26(32(3,4)24(33)12-17-34(25,35)6)46-31-30(40)29(39)28(38)23(19-37)45-31;/h10,21-31,37-41H,9,11-19H2,1-8H3,(H,42,43,44);/q;+1/p-1/t21?,22-,23-,24?,25?,26+,27+,28-,29+,30-,31?,33+,34-,35-,36+;/m1./s1. The van der Waals surface area contributed by atoms with Gasteiger partial charge in [0.2, 0.25) is 10.4 Å². The molecule has 0 aromatic carbocycles. The number of hydrogen-bond acceptors (Lipinski definition) is 11. The van der Waals surface area contributed by atoms with Crippen LogP contribution in [0.15, 0.2) is 11.6 Å². The molecule has 278 valence electrons. The molecule has 0 bridgehead atoms. The predicted octanol–water partition coefficient (Wildman–Crippen LogP) is 0.813. The molecule has 49 heavy (non-hydrogen) atoms. The third-order valence-electron chi connectivity index (χ3n) is 14.7. The van der Waals surface area contributed by atoms with Gasteiger partial charge in [-0.2, -0.15) is 0 Å². The zero-order valence-corrected chi connectivity index (χ0v) is 33.9. The van der Waals surface area contributed by atoms with Gasteiger partial charge in [0.15, 0.2) is 6.29 Å². The summed E-state index contributed by atoms with van der Waals surface area (Å²) in [6, 6.07) is 0. The van der Waals surface area contributed by atoms with Crippen LogP contribution in [0.2, 0.25) is 0 Å². The average Bonchev–Trinajstić information content (AvgIpc) is 3.35. The predicted molar refractivity (Wildman–Crippen MR) is 177 cm³/mol. The molecule has 11 nitrogen and oxygen atoms in total. The molecule has 4 unspecified atom stereocenters. The summed E-state index contributed by atoms with van der Waals surface area (Å²) < 4.78 is 54.6. The van der Waals surface area contributed by atoms with E-state index in [-0.39, 0.29) is 75.6 Å². The van der Waals surface area contributed by atoms with Gasteiger partial charge in [0.05, 0.1) is 24.4 Å². The van der Waals surface area contributed by atoms with Crippen molar-refractivity contribution in [2.45, 2.75) is 162 Å². The van der Waals surface area contributed by atoms with Crippen LogP contribution in [0.1, 0.15) is 113 Å². The van der Waals surface area contributed by atoms with Gasteiger partial charge in [-0.25, -0.2) is 8.42 Å². The van der Waals surface area contributed by atoms with Crippen LogP contribution in [0.25, 0.3) is 0 Å². The van der Waals surface area contributed by atoms with E-state index < -0.39 is 64.8 Å². The minimum absolute atomic E-state index is 0. The topological polar surface area (TPSA) is 186 Å². The number of allylic oxidation sites excluding steroid dienone is 2. The molecule has 1 saturated heterocycles. The molecule has 5 N–H and O–H groups in total. The van der Waals surface area contributed by atoms with Gasteiger partial charge in [-0.1, -0.05) is 46.3 Å². The van der Waals surface area contributed by atoms with E-state index in [0.717, 1.165) is 32.1 Å². The molecule has 4 aliphatic carbocycles. The number of aliphatic hydroxyl groups excluding tert-OH is 4. The zero-order chi connectivity index (χ0) is 35.8. The Balaban J connectivity index is 0.00000541. The molecule has 0 amide bonds. The van der Waals surface area contributed by atoms with Crippen LogP contribution < -0.4 is 29.6 Å². The summed E-state index contributed by atoms with van der Waals surface area (Å²) in [5.74, 6) is -0.371. The van der Waals surface area contributed by atoms with Gasteiger partial charge in [0.25, 0.3) is 0 Å². The summed E-state index contributed by atoms with van der Waals surface area (Å²) in [7, 11) is -5.02. The van der Waals surface area contributed by atoms with Crippen LogP contribution in [0.3, 0.4) is 0 Å². The van der Waals surface area contributed by atoms with Crippen LogP contribution in [0.5, 0.6) is 0 Å². The Morgan fingerprint density at radius 1 is 0.959 bits per heavy atom. The Kier molecular flexibility index (Phi) is 12.5. The summed E-state index contributed by atoms with van der Waals surface area (Å²) >= 11 is 0. The summed E-state index contributed by atoms with van der Waals surface area (Å²) in [6.45, 7) is 16.5. The Hall–Kier alpha value is 0.330. The molecule has 15 atom stereocenters. The van der Waals surface area contributed by atoms with E-state index >= 15 is 0 Å². The molecule has 0 aromatic heterocycles. The van der Waals surface area contributed by atoms with Gasteiger partial charge < -0.3 is 39.6 Å². The number of aliphatic hydroxyl groups is 5. The smallest absolute Gasteiger partial charge is 0.726 e. The maximum Gasteiger partial charge on any atom is 1.00 e. The van der Waals surface area contributed by atoms with E-state index in [0.29, 0.717) is 25.7 Å². The summed E-state index contributed by atoms with van der Waals surface area (Å²) in [4.78, 5) is 0. The second-order valence-corrected chi connectivity index (χ2v) is 18.8. The van der Waals surface area contributed by atoms with Gasteiger partial charge in [0, 0.05) is 0 Å². The largest absolute Gasteiger partial charge is 1.00 e. The van der Waals surface area contributed by atoms with Crippen LogP contribution in [0, 0.1) is 45.3 Å². The van der Waals surface area contributed by atoms with E-state index in [2.05, 4.69) is 40.7 Å². The molecule has 5 aliphatic rings. The molecule has 5 fully saturated rings. The molecule has 1 aliphatic heterocycles. The fourth-order valence-corrected chi connectivity index (χ4v) is 12.6. The van der Waals surface area contributed by atoms with Crippen molar-refractivity contribution in [1.82, 2.24) is 0 Å². The normalized spacial score (nSPS) is 47.5. The van der Waals surface area contributed by atoms with E-state index in [1.54, 1.807) is 0 Å². The van der Waals surface area contributed by atoms with Crippen molar-refractivity contribution in [3.8, 4) is 0 Å². The molecule has 0 radical (unpaired) electrons. The van der Waals surface area contributed by atoms with Crippen molar-refractivity contribution in [2.24, 2.45) is 45.3 Å². The molecular weight excluding hydrogens is 663 g/mol. The third kappa shape index (κ3) is 7.29. The van der Waals surface area contributed by atoms with Gasteiger partial charge in [-0.15, -0.1) is 0 Å². The van der Waals surface area contributed by atoms with Crippen molar-refractivity contribution in [2.75, 3.05) is 6.61 Å². The van der Waals surface area contributed by atoms with E-state index in [4.69, 9.17) is 13.7 Å². The SMILES string of the molecule is CC(C)=CCC[C@](C)(O)C1CC[C@]2(C)[C@@H]1[C@H](OS(=O)(=O)[O-])CC1[C@@]3(C)CC[C@H](OC4O[C@H](CO)[C@@H](O)[C@H](O)[C@H]4O)C(C)(C)C3CC[C@]12C.[Na+]. The Bertz CT molecular complexity index is 1320. The van der Waals surface area contributed by atoms with E-state index in [1.165, 1.54) is 5.57 Å². The molecule has 5 rings (SSSR count). The first-order chi connectivity index (χ1) is 22.0. The molecular formula is C36H61NaO11S. The van der Waals surface area contributed by atoms with Crippen molar-refractivity contribution in [1.29, 1.82) is 0 Å². The van der Waals surface area contributed by atoms with Crippen LogP contribution in [-0.4, -0.2) is 93.6 Å². The number of hydrogen-bond donors (Lipinski definition) is 5. The Morgan fingerprint density at radius 2 is 1.59 bits per heavy atom.